The van der Waals surface area contributed by atoms with Crippen molar-refractivity contribution in [1.82, 2.24) is 10.6 Å². The maximum Gasteiger partial charge on any atom is 0.220 e. The number of carbonyl (C=O) groups excluding carboxylic acids is 1. The number of carbonyl (C=O) groups is 1. The van der Waals surface area contributed by atoms with Crippen LogP contribution in [0.25, 0.3) is 0 Å². The van der Waals surface area contributed by atoms with Crippen molar-refractivity contribution in [3.8, 4) is 5.75 Å². The van der Waals surface area contributed by atoms with Crippen molar-refractivity contribution < 1.29 is 9.53 Å². The Bertz CT molecular complexity index is 465. The van der Waals surface area contributed by atoms with Gasteiger partial charge in [0.25, 0.3) is 0 Å². The molecule has 0 radical (unpaired) electrons. The van der Waals surface area contributed by atoms with E-state index in [0.717, 1.165) is 48.3 Å². The fourth-order valence-corrected chi connectivity index (χ4v) is 2.66. The fourth-order valence-electron chi connectivity index (χ4n) is 2.25. The van der Waals surface area contributed by atoms with Crippen LogP contribution < -0.4 is 15.4 Å². The van der Waals surface area contributed by atoms with E-state index in [4.69, 9.17) is 4.74 Å². The molecule has 1 amide bonds. The molecule has 110 valence electrons. The topological polar surface area (TPSA) is 50.4 Å². The highest BCUT2D eigenvalue weighted by molar-refractivity contribution is 9.10. The summed E-state index contributed by atoms with van der Waals surface area (Å²) in [5.41, 5.74) is 1.14. The quantitative estimate of drug-likeness (QED) is 0.802. The Balaban J connectivity index is 1.87. The molecule has 4 nitrogen and oxygen atoms in total. The number of halogens is 1. The van der Waals surface area contributed by atoms with Crippen LogP contribution in [0.15, 0.2) is 22.7 Å². The molecule has 20 heavy (non-hydrogen) atoms. The molecule has 0 aliphatic carbocycles. The number of hydrogen-bond donors (Lipinski definition) is 2. The summed E-state index contributed by atoms with van der Waals surface area (Å²) in [7, 11) is 0. The summed E-state index contributed by atoms with van der Waals surface area (Å²) < 4.78 is 6.80. The minimum atomic E-state index is 0.159. The zero-order chi connectivity index (χ0) is 14.4. The van der Waals surface area contributed by atoms with Crippen LogP contribution in [0.5, 0.6) is 5.75 Å². The van der Waals surface area contributed by atoms with Gasteiger partial charge in [-0.25, -0.2) is 0 Å². The van der Waals surface area contributed by atoms with Gasteiger partial charge in [-0.15, -0.1) is 0 Å². The van der Waals surface area contributed by atoms with Gasteiger partial charge < -0.3 is 15.4 Å². The minimum Gasteiger partial charge on any atom is -0.493 e. The van der Waals surface area contributed by atoms with Gasteiger partial charge in [0.2, 0.25) is 5.91 Å². The Morgan fingerprint density at radius 3 is 3.05 bits per heavy atom. The van der Waals surface area contributed by atoms with E-state index in [9.17, 15) is 4.79 Å². The van der Waals surface area contributed by atoms with E-state index in [2.05, 4.69) is 39.6 Å². The van der Waals surface area contributed by atoms with Crippen LogP contribution in [0.2, 0.25) is 0 Å². The first-order valence-corrected chi connectivity index (χ1v) is 7.89. The molecule has 5 heteroatoms. The molecular weight excluding hydrogens is 320 g/mol. The molecule has 1 aromatic rings. The molecule has 1 aliphatic rings. The van der Waals surface area contributed by atoms with E-state index in [-0.39, 0.29) is 11.9 Å². The summed E-state index contributed by atoms with van der Waals surface area (Å²) in [5.74, 6) is 1.09. The largest absolute Gasteiger partial charge is 0.493 e. The van der Waals surface area contributed by atoms with Gasteiger partial charge in [0.1, 0.15) is 5.75 Å². The van der Waals surface area contributed by atoms with Crippen molar-refractivity contribution >= 4 is 21.8 Å². The van der Waals surface area contributed by atoms with E-state index in [0.29, 0.717) is 6.42 Å². The summed E-state index contributed by atoms with van der Waals surface area (Å²) in [5, 5.41) is 6.35. The molecule has 1 heterocycles. The first-order chi connectivity index (χ1) is 9.69. The second-order valence-corrected chi connectivity index (χ2v) is 5.95. The van der Waals surface area contributed by atoms with Crippen molar-refractivity contribution in [3.05, 3.63) is 28.2 Å². The number of benzene rings is 1. The average molecular weight is 341 g/mol. The lowest BCUT2D eigenvalue weighted by Crippen LogP contribution is -2.35. The summed E-state index contributed by atoms with van der Waals surface area (Å²) in [4.78, 5) is 11.1. The summed E-state index contributed by atoms with van der Waals surface area (Å²) in [6.45, 7) is 4.36. The van der Waals surface area contributed by atoms with E-state index >= 15 is 0 Å². The fraction of sp³-hybridized carbons (Fsp3) is 0.533. The summed E-state index contributed by atoms with van der Waals surface area (Å²) in [6.07, 6.45) is 2.56. The van der Waals surface area contributed by atoms with Crippen LogP contribution in [0.4, 0.5) is 0 Å². The third-order valence-corrected chi connectivity index (χ3v) is 3.77. The van der Waals surface area contributed by atoms with Gasteiger partial charge in [-0.2, -0.15) is 0 Å². The summed E-state index contributed by atoms with van der Waals surface area (Å²) in [6, 6.07) is 6.32. The monoisotopic (exact) mass is 340 g/mol. The highest BCUT2D eigenvalue weighted by atomic mass is 79.9. The molecule has 2 rings (SSSR count). The van der Waals surface area contributed by atoms with Crippen molar-refractivity contribution in [2.45, 2.75) is 38.8 Å². The molecule has 0 saturated carbocycles. The number of rotatable bonds is 7. The van der Waals surface area contributed by atoms with Gasteiger partial charge in [-0.1, -0.05) is 22.9 Å². The highest BCUT2D eigenvalue weighted by Gasteiger charge is 2.19. The molecule has 0 aromatic heterocycles. The second kappa shape index (κ2) is 7.64. The molecule has 1 atom stereocenters. The SMILES string of the molecule is CCCOc1ccc(Br)cc1CNCC1CCC(=O)N1. The Morgan fingerprint density at radius 2 is 2.35 bits per heavy atom. The van der Waals surface area contributed by atoms with E-state index in [1.54, 1.807) is 0 Å². The third kappa shape index (κ3) is 4.49. The van der Waals surface area contributed by atoms with Gasteiger partial charge >= 0.3 is 0 Å². The Morgan fingerprint density at radius 1 is 1.50 bits per heavy atom. The van der Waals surface area contributed by atoms with Gasteiger partial charge in [0, 0.05) is 35.6 Å². The van der Waals surface area contributed by atoms with Crippen LogP contribution in [0, 0.1) is 0 Å². The first kappa shape index (κ1) is 15.3. The van der Waals surface area contributed by atoms with Gasteiger partial charge in [-0.05, 0) is 31.0 Å². The maximum absolute atomic E-state index is 11.1. The lowest BCUT2D eigenvalue weighted by Gasteiger charge is -2.14. The molecule has 1 saturated heterocycles. The minimum absolute atomic E-state index is 0.159. The lowest BCUT2D eigenvalue weighted by atomic mass is 10.2. The predicted octanol–water partition coefficient (Wildman–Crippen LogP) is 2.61. The zero-order valence-electron chi connectivity index (χ0n) is 11.7. The van der Waals surface area contributed by atoms with Gasteiger partial charge in [0.15, 0.2) is 0 Å². The molecule has 0 spiro atoms. The van der Waals surface area contributed by atoms with Crippen LogP contribution in [0.3, 0.4) is 0 Å². The van der Waals surface area contributed by atoms with Crippen molar-refractivity contribution in [1.29, 1.82) is 0 Å². The first-order valence-electron chi connectivity index (χ1n) is 7.10. The van der Waals surface area contributed by atoms with Crippen LogP contribution >= 0.6 is 15.9 Å². The van der Waals surface area contributed by atoms with Crippen LogP contribution in [-0.2, 0) is 11.3 Å². The molecule has 1 aliphatic heterocycles. The molecular formula is C15H21BrN2O2. The molecule has 1 aromatic carbocycles. The maximum atomic E-state index is 11.1. The van der Waals surface area contributed by atoms with E-state index in [1.165, 1.54) is 0 Å². The van der Waals surface area contributed by atoms with E-state index < -0.39 is 0 Å². The van der Waals surface area contributed by atoms with Crippen LogP contribution in [0.1, 0.15) is 31.7 Å². The molecule has 1 unspecified atom stereocenters. The summed E-state index contributed by atoms with van der Waals surface area (Å²) >= 11 is 3.49. The predicted molar refractivity (Wildman–Crippen MR) is 82.8 cm³/mol. The Labute approximate surface area is 128 Å². The van der Waals surface area contributed by atoms with Crippen molar-refractivity contribution in [2.24, 2.45) is 0 Å². The number of amides is 1. The Hall–Kier alpha value is -1.07. The zero-order valence-corrected chi connectivity index (χ0v) is 13.3. The number of nitrogens with one attached hydrogen (secondary N) is 2. The number of hydrogen-bond acceptors (Lipinski definition) is 3. The van der Waals surface area contributed by atoms with E-state index in [1.807, 2.05) is 12.1 Å². The Kier molecular flexibility index (Phi) is 5.86. The van der Waals surface area contributed by atoms with Crippen LogP contribution in [-0.4, -0.2) is 25.1 Å². The molecule has 0 bridgehead atoms. The normalized spacial score (nSPS) is 18.1. The molecule has 1 fully saturated rings. The van der Waals surface area contributed by atoms with Gasteiger partial charge in [-0.3, -0.25) is 4.79 Å². The lowest BCUT2D eigenvalue weighted by molar-refractivity contribution is -0.119. The third-order valence-electron chi connectivity index (χ3n) is 3.28. The number of ether oxygens (including phenoxy) is 1. The van der Waals surface area contributed by atoms with Gasteiger partial charge in [0.05, 0.1) is 6.61 Å². The highest BCUT2D eigenvalue weighted by Crippen LogP contribution is 2.23. The smallest absolute Gasteiger partial charge is 0.220 e. The average Bonchev–Trinajstić information content (AvgIpc) is 2.84. The second-order valence-electron chi connectivity index (χ2n) is 5.03. The standard InChI is InChI=1S/C15H21BrN2O2/c1-2-7-20-14-5-3-12(16)8-11(14)9-17-10-13-4-6-15(19)18-13/h3,5,8,13,17H,2,4,6-7,9-10H2,1H3,(H,18,19). The van der Waals surface area contributed by atoms with Crippen molar-refractivity contribution in [2.75, 3.05) is 13.2 Å². The molecule has 2 N–H and O–H groups in total. The van der Waals surface area contributed by atoms with Crippen molar-refractivity contribution in [3.63, 3.8) is 0 Å².